The first-order chi connectivity index (χ1) is 16.7. The van der Waals surface area contributed by atoms with Gasteiger partial charge in [0.2, 0.25) is 10.0 Å². The van der Waals surface area contributed by atoms with Crippen molar-refractivity contribution in [2.75, 3.05) is 33.2 Å². The average molecular weight is 501 g/mol. The molecule has 5 rings (SSSR count). The number of hydrogen-bond acceptors (Lipinski definition) is 7. The number of likely N-dealkylation sites (N-methyl/N-ethyl adjacent to an activating group) is 1. The molecule has 35 heavy (non-hydrogen) atoms. The minimum Gasteiger partial charge on any atom is -0.486 e. The number of aliphatic hydroxyl groups excluding tert-OH is 1. The molecular weight excluding hydrogens is 468 g/mol. The zero-order valence-electron chi connectivity index (χ0n) is 20.2. The number of likely N-dealkylation sites (tertiary alicyclic amines) is 1. The molecule has 0 amide bonds. The predicted molar refractivity (Wildman–Crippen MR) is 131 cm³/mol. The van der Waals surface area contributed by atoms with Crippen molar-refractivity contribution in [3.8, 4) is 16.9 Å². The van der Waals surface area contributed by atoms with Crippen LogP contribution in [-0.2, 0) is 30.7 Å². The number of sulfonamides is 1. The van der Waals surface area contributed by atoms with E-state index in [9.17, 15) is 13.5 Å². The lowest BCUT2D eigenvalue weighted by Gasteiger charge is -2.30. The van der Waals surface area contributed by atoms with Crippen molar-refractivity contribution in [3.63, 3.8) is 0 Å². The van der Waals surface area contributed by atoms with Gasteiger partial charge in [-0.05, 0) is 36.9 Å². The van der Waals surface area contributed by atoms with Crippen LogP contribution in [0.5, 0.6) is 5.75 Å². The molecule has 2 aliphatic heterocycles. The van der Waals surface area contributed by atoms with Gasteiger partial charge in [-0.2, -0.15) is 5.10 Å². The summed E-state index contributed by atoms with van der Waals surface area (Å²) in [6.45, 7) is 2.42. The summed E-state index contributed by atoms with van der Waals surface area (Å²) in [6.07, 6.45) is 4.53. The van der Waals surface area contributed by atoms with E-state index in [2.05, 4.69) is 30.3 Å². The third kappa shape index (κ3) is 5.00. The maximum Gasteiger partial charge on any atom is 0.244 e. The summed E-state index contributed by atoms with van der Waals surface area (Å²) >= 11 is 0. The molecular formula is C24H32N6O4S. The number of rotatable bonds is 3. The summed E-state index contributed by atoms with van der Waals surface area (Å²) in [6, 6.07) is 9.22. The van der Waals surface area contributed by atoms with E-state index < -0.39 is 16.1 Å². The fourth-order valence-corrected chi connectivity index (χ4v) is 6.13. The summed E-state index contributed by atoms with van der Waals surface area (Å²) in [5.41, 5.74) is 2.89. The van der Waals surface area contributed by atoms with Crippen LogP contribution in [0.3, 0.4) is 0 Å². The fourth-order valence-electron chi connectivity index (χ4n) is 4.94. The maximum atomic E-state index is 13.2. The van der Waals surface area contributed by atoms with Gasteiger partial charge in [-0.15, -0.1) is 0 Å². The Morgan fingerprint density at radius 3 is 2.69 bits per heavy atom. The molecule has 11 heteroatoms. The standard InChI is InChI=1S/C24H32N6O4S/c1-27-8-4-5-19(27)13-30-15-21-23(16-30)34-22-9-17(18-10-25-29(3)12-18)6-7-24(22)35(32,33)26-11-20(31)14-28(21)2/h4-10,12,20-21,23,26,31H,11,13-16H2,1-3H3/t20-,21+,23-/m0/s1. The predicted octanol–water partition coefficient (Wildman–Crippen LogP) is 0.642. The van der Waals surface area contributed by atoms with Gasteiger partial charge in [-0.1, -0.05) is 6.07 Å². The Balaban J connectivity index is 1.52. The Bertz CT molecular complexity index is 1300. The molecule has 0 bridgehead atoms. The Hall–Kier alpha value is -2.70. The molecule has 1 fully saturated rings. The van der Waals surface area contributed by atoms with Gasteiger partial charge in [0.15, 0.2) is 0 Å². The monoisotopic (exact) mass is 500 g/mol. The summed E-state index contributed by atoms with van der Waals surface area (Å²) in [5.74, 6) is 0.305. The molecule has 3 aromatic rings. The van der Waals surface area contributed by atoms with E-state index in [1.165, 1.54) is 5.69 Å². The minimum absolute atomic E-state index is 0.0133. The summed E-state index contributed by atoms with van der Waals surface area (Å²) in [5, 5.41) is 14.8. The van der Waals surface area contributed by atoms with Crippen molar-refractivity contribution in [1.82, 2.24) is 28.9 Å². The number of aryl methyl sites for hydroxylation is 2. The second kappa shape index (κ2) is 9.40. The van der Waals surface area contributed by atoms with Gasteiger partial charge in [-0.25, -0.2) is 13.1 Å². The van der Waals surface area contributed by atoms with Crippen LogP contribution in [0.15, 0.2) is 53.8 Å². The maximum absolute atomic E-state index is 13.2. The van der Waals surface area contributed by atoms with Crippen LogP contribution in [0.1, 0.15) is 5.69 Å². The number of benzene rings is 1. The number of aliphatic hydroxyl groups is 1. The molecule has 0 radical (unpaired) electrons. The number of ether oxygens (including phenoxy) is 1. The van der Waals surface area contributed by atoms with Crippen molar-refractivity contribution in [1.29, 1.82) is 0 Å². The topological polar surface area (TPSA) is 105 Å². The van der Waals surface area contributed by atoms with E-state index in [1.807, 2.05) is 39.6 Å². The van der Waals surface area contributed by atoms with Crippen molar-refractivity contribution < 1.29 is 18.3 Å². The second-order valence-electron chi connectivity index (χ2n) is 9.54. The van der Waals surface area contributed by atoms with Crippen molar-refractivity contribution in [3.05, 3.63) is 54.6 Å². The number of nitrogens with zero attached hydrogens (tertiary/aromatic N) is 5. The zero-order chi connectivity index (χ0) is 24.7. The molecule has 4 heterocycles. The molecule has 2 aromatic heterocycles. The molecule has 0 saturated carbocycles. The van der Waals surface area contributed by atoms with Crippen LogP contribution in [0, 0.1) is 0 Å². The summed E-state index contributed by atoms with van der Waals surface area (Å²) in [7, 11) is 1.94. The second-order valence-corrected chi connectivity index (χ2v) is 11.3. The van der Waals surface area contributed by atoms with Crippen LogP contribution < -0.4 is 9.46 Å². The number of β-amino-alcohol motifs (C(OH)–C–C–N with tert-alkyl or cyclic N) is 1. The lowest BCUT2D eigenvalue weighted by atomic mass is 10.1. The van der Waals surface area contributed by atoms with E-state index in [-0.39, 0.29) is 23.6 Å². The normalized spacial score (nSPS) is 25.4. The van der Waals surface area contributed by atoms with Gasteiger partial charge in [-0.3, -0.25) is 14.5 Å². The molecule has 1 saturated heterocycles. The molecule has 1 aromatic carbocycles. The average Bonchev–Trinajstić information content (AvgIpc) is 3.53. The van der Waals surface area contributed by atoms with Crippen molar-refractivity contribution in [2.45, 2.75) is 29.7 Å². The molecule has 0 aliphatic carbocycles. The molecule has 188 valence electrons. The van der Waals surface area contributed by atoms with Gasteiger partial charge in [0.25, 0.3) is 0 Å². The van der Waals surface area contributed by atoms with Crippen LogP contribution in [0.25, 0.3) is 11.1 Å². The largest absolute Gasteiger partial charge is 0.486 e. The van der Waals surface area contributed by atoms with E-state index in [0.717, 1.165) is 24.2 Å². The molecule has 3 atom stereocenters. The van der Waals surface area contributed by atoms with Gasteiger partial charge < -0.3 is 14.4 Å². The lowest BCUT2D eigenvalue weighted by Crippen LogP contribution is -2.47. The Labute approximate surface area is 205 Å². The molecule has 2 N–H and O–H groups in total. The quantitative estimate of drug-likeness (QED) is 0.544. The smallest absolute Gasteiger partial charge is 0.244 e. The first-order valence-electron chi connectivity index (χ1n) is 11.7. The summed E-state index contributed by atoms with van der Waals surface area (Å²) < 4.78 is 39.2. The molecule has 10 nitrogen and oxygen atoms in total. The Morgan fingerprint density at radius 2 is 1.97 bits per heavy atom. The van der Waals surface area contributed by atoms with Crippen LogP contribution in [0.4, 0.5) is 0 Å². The number of nitrogens with one attached hydrogen (secondary N) is 1. The lowest BCUT2D eigenvalue weighted by molar-refractivity contribution is 0.0713. The fraction of sp³-hybridized carbons (Fsp3) is 0.458. The molecule has 0 spiro atoms. The summed E-state index contributed by atoms with van der Waals surface area (Å²) in [4.78, 5) is 4.46. The first-order valence-corrected chi connectivity index (χ1v) is 13.2. The van der Waals surface area contributed by atoms with Crippen molar-refractivity contribution >= 4 is 10.0 Å². The number of aromatic nitrogens is 3. The number of hydrogen-bond donors (Lipinski definition) is 2. The van der Waals surface area contributed by atoms with Gasteiger partial charge in [0.1, 0.15) is 16.7 Å². The zero-order valence-corrected chi connectivity index (χ0v) is 21.0. The Kier molecular flexibility index (Phi) is 6.45. The minimum atomic E-state index is -3.88. The highest BCUT2D eigenvalue weighted by Gasteiger charge is 2.39. The highest BCUT2D eigenvalue weighted by Crippen LogP contribution is 2.33. The van der Waals surface area contributed by atoms with Gasteiger partial charge >= 0.3 is 0 Å². The highest BCUT2D eigenvalue weighted by atomic mass is 32.2. The van der Waals surface area contributed by atoms with E-state index in [0.29, 0.717) is 18.8 Å². The van der Waals surface area contributed by atoms with E-state index in [1.54, 1.807) is 29.1 Å². The SMILES string of the molecule is CN1C[C@@H](O)CNS(=O)(=O)c2ccc(-c3cnn(C)c3)cc2O[C@H]2CN(Cc3cccn3C)C[C@H]21. The van der Waals surface area contributed by atoms with Crippen LogP contribution >= 0.6 is 0 Å². The van der Waals surface area contributed by atoms with Crippen LogP contribution in [-0.4, -0.2) is 89.1 Å². The highest BCUT2D eigenvalue weighted by molar-refractivity contribution is 7.89. The molecule has 0 unspecified atom stereocenters. The number of fused-ring (bicyclic) bond motifs is 2. The third-order valence-corrected chi connectivity index (χ3v) is 8.34. The molecule has 2 aliphatic rings. The Morgan fingerprint density at radius 1 is 1.14 bits per heavy atom. The van der Waals surface area contributed by atoms with Crippen molar-refractivity contribution in [2.24, 2.45) is 14.1 Å². The van der Waals surface area contributed by atoms with Gasteiger partial charge in [0, 0.05) is 70.5 Å². The first kappa shape index (κ1) is 24.0. The third-order valence-electron chi connectivity index (χ3n) is 6.87. The van der Waals surface area contributed by atoms with Crippen LogP contribution in [0.2, 0.25) is 0 Å². The van der Waals surface area contributed by atoms with Gasteiger partial charge in [0.05, 0.1) is 18.3 Å². The van der Waals surface area contributed by atoms with E-state index >= 15 is 0 Å². The van der Waals surface area contributed by atoms with E-state index in [4.69, 9.17) is 4.74 Å².